The third kappa shape index (κ3) is 6.43. The van der Waals surface area contributed by atoms with E-state index in [1.165, 1.54) is 0 Å². The molecule has 1 aliphatic carbocycles. The first-order chi connectivity index (χ1) is 19.8. The number of aliphatic carboxylic acids is 1. The van der Waals surface area contributed by atoms with Crippen LogP contribution in [0.1, 0.15) is 42.4 Å². The summed E-state index contributed by atoms with van der Waals surface area (Å²) < 4.78 is 5.76. The van der Waals surface area contributed by atoms with E-state index in [0.29, 0.717) is 19.4 Å². The normalized spacial score (nSPS) is 18.9. The number of likely N-dealkylation sites (N-methyl/N-ethyl adjacent to an activating group) is 1. The second kappa shape index (κ2) is 12.6. The predicted molar refractivity (Wildman–Crippen MR) is 156 cm³/mol. The first kappa shape index (κ1) is 28.4. The number of carbonyl (C=O) groups is 3. The van der Waals surface area contributed by atoms with Gasteiger partial charge in [0.05, 0.1) is 5.92 Å². The number of fused-ring (bicyclic) bond motifs is 3. The Morgan fingerprint density at radius 2 is 1.56 bits per heavy atom. The smallest absolute Gasteiger partial charge is 0.407 e. The topological polar surface area (TPSA) is 99.2 Å². The van der Waals surface area contributed by atoms with Crippen molar-refractivity contribution in [2.45, 2.75) is 44.3 Å². The summed E-state index contributed by atoms with van der Waals surface area (Å²) >= 11 is 0. The number of benzene rings is 3. The van der Waals surface area contributed by atoms with E-state index in [1.807, 2.05) is 73.5 Å². The van der Waals surface area contributed by atoms with E-state index in [0.717, 1.165) is 27.8 Å². The van der Waals surface area contributed by atoms with Gasteiger partial charge < -0.3 is 20.1 Å². The Hall–Kier alpha value is -4.17. The highest BCUT2D eigenvalue weighted by Gasteiger charge is 2.37. The third-order valence-corrected chi connectivity index (χ3v) is 8.24. The summed E-state index contributed by atoms with van der Waals surface area (Å²) in [6.45, 7) is 3.03. The first-order valence-electron chi connectivity index (χ1n) is 14.2. The Labute approximate surface area is 240 Å². The van der Waals surface area contributed by atoms with Crippen LogP contribution >= 0.6 is 0 Å². The van der Waals surface area contributed by atoms with Crippen molar-refractivity contribution in [1.82, 2.24) is 15.1 Å². The van der Waals surface area contributed by atoms with Gasteiger partial charge in [-0.1, -0.05) is 78.9 Å². The molecule has 214 valence electrons. The summed E-state index contributed by atoms with van der Waals surface area (Å²) in [7, 11) is 1.90. The van der Waals surface area contributed by atoms with Crippen molar-refractivity contribution in [3.63, 3.8) is 0 Å². The molecule has 5 rings (SSSR count). The molecule has 0 spiro atoms. The van der Waals surface area contributed by atoms with Crippen molar-refractivity contribution in [2.24, 2.45) is 5.92 Å². The molecule has 3 unspecified atom stereocenters. The number of ether oxygens (including phenoxy) is 1. The number of carboxylic acids is 1. The fourth-order valence-electron chi connectivity index (χ4n) is 6.05. The zero-order chi connectivity index (χ0) is 28.9. The van der Waals surface area contributed by atoms with E-state index in [1.54, 1.807) is 4.90 Å². The average Bonchev–Trinajstić information content (AvgIpc) is 3.29. The van der Waals surface area contributed by atoms with Crippen LogP contribution in [0.25, 0.3) is 11.1 Å². The van der Waals surface area contributed by atoms with E-state index in [9.17, 15) is 19.5 Å². The van der Waals surface area contributed by atoms with Crippen molar-refractivity contribution in [1.29, 1.82) is 0 Å². The largest absolute Gasteiger partial charge is 0.481 e. The number of alkyl carbamates (subject to hydrolysis) is 1. The first-order valence-corrected chi connectivity index (χ1v) is 14.2. The molecule has 0 aromatic heterocycles. The van der Waals surface area contributed by atoms with Crippen molar-refractivity contribution in [3.8, 4) is 11.1 Å². The summed E-state index contributed by atoms with van der Waals surface area (Å²) in [5.41, 5.74) is 5.58. The highest BCUT2D eigenvalue weighted by Crippen LogP contribution is 2.44. The maximum Gasteiger partial charge on any atom is 0.407 e. The lowest BCUT2D eigenvalue weighted by Crippen LogP contribution is -2.57. The van der Waals surface area contributed by atoms with Gasteiger partial charge in [-0.2, -0.15) is 0 Å². The van der Waals surface area contributed by atoms with Gasteiger partial charge in [-0.05, 0) is 54.6 Å². The predicted octanol–water partition coefficient (Wildman–Crippen LogP) is 4.74. The molecule has 1 aliphatic heterocycles. The summed E-state index contributed by atoms with van der Waals surface area (Å²) in [5.74, 6) is -1.91. The maximum absolute atomic E-state index is 13.8. The zero-order valence-electron chi connectivity index (χ0n) is 23.5. The number of likely N-dealkylation sites (tertiary alicyclic amines) is 1. The number of amides is 2. The van der Waals surface area contributed by atoms with Gasteiger partial charge in [-0.15, -0.1) is 0 Å². The second-order valence-electron chi connectivity index (χ2n) is 11.2. The van der Waals surface area contributed by atoms with Crippen molar-refractivity contribution < 1.29 is 24.2 Å². The molecule has 2 amide bonds. The van der Waals surface area contributed by atoms with Crippen LogP contribution in [0.4, 0.5) is 4.79 Å². The number of rotatable bonds is 9. The molecule has 2 N–H and O–H groups in total. The Morgan fingerprint density at radius 1 is 0.951 bits per heavy atom. The van der Waals surface area contributed by atoms with Crippen LogP contribution < -0.4 is 5.32 Å². The highest BCUT2D eigenvalue weighted by molar-refractivity contribution is 5.87. The molecule has 1 fully saturated rings. The number of hydrogen-bond acceptors (Lipinski definition) is 5. The number of hydrogen-bond donors (Lipinski definition) is 2. The molecule has 1 heterocycles. The molecule has 3 aromatic carbocycles. The maximum atomic E-state index is 13.8. The summed E-state index contributed by atoms with van der Waals surface area (Å²) in [5, 5.41) is 12.4. The minimum atomic E-state index is -0.906. The van der Waals surface area contributed by atoms with Crippen LogP contribution in [-0.4, -0.2) is 71.7 Å². The SMILES string of the molecule is CC1CCC(C(=O)O)CN1C(=O)C(CN(C)Cc1ccccc1)NC(=O)OCC1c2ccccc2-c2ccccc21. The second-order valence-corrected chi connectivity index (χ2v) is 11.2. The van der Waals surface area contributed by atoms with Crippen LogP contribution in [0.3, 0.4) is 0 Å². The van der Waals surface area contributed by atoms with Crippen LogP contribution in [0.5, 0.6) is 0 Å². The standard InChI is InChI=1S/C33H37N3O5/c1-22-16-17-24(32(38)39)19-36(22)31(37)30(20-35(2)18-23-10-4-3-5-11-23)34-33(40)41-21-29-27-14-8-6-12-25(27)26-13-7-9-15-28(26)29/h3-15,22,24,29-30H,16-21H2,1-2H3,(H,34,40)(H,38,39). The molecule has 0 radical (unpaired) electrons. The number of piperidine rings is 1. The number of carbonyl (C=O) groups excluding carboxylic acids is 2. The molecular formula is C33H37N3O5. The monoisotopic (exact) mass is 555 g/mol. The van der Waals surface area contributed by atoms with Gasteiger partial charge in [0.1, 0.15) is 12.6 Å². The highest BCUT2D eigenvalue weighted by atomic mass is 16.5. The Kier molecular flexibility index (Phi) is 8.69. The molecule has 8 nitrogen and oxygen atoms in total. The van der Waals surface area contributed by atoms with Gasteiger partial charge in [0.25, 0.3) is 0 Å². The Morgan fingerprint density at radius 3 is 2.20 bits per heavy atom. The Balaban J connectivity index is 1.30. The van der Waals surface area contributed by atoms with E-state index >= 15 is 0 Å². The molecule has 8 heteroatoms. The number of nitrogens with zero attached hydrogens (tertiary/aromatic N) is 2. The van der Waals surface area contributed by atoms with E-state index in [4.69, 9.17) is 4.74 Å². The van der Waals surface area contributed by atoms with E-state index < -0.39 is 24.0 Å². The minimum Gasteiger partial charge on any atom is -0.481 e. The summed E-state index contributed by atoms with van der Waals surface area (Å²) in [6.07, 6.45) is 0.455. The van der Waals surface area contributed by atoms with Crippen molar-refractivity contribution >= 4 is 18.0 Å². The van der Waals surface area contributed by atoms with Gasteiger partial charge in [0.15, 0.2) is 0 Å². The van der Waals surface area contributed by atoms with Gasteiger partial charge in [-0.3, -0.25) is 14.5 Å². The third-order valence-electron chi connectivity index (χ3n) is 8.24. The lowest BCUT2D eigenvalue weighted by molar-refractivity contribution is -0.148. The van der Waals surface area contributed by atoms with Crippen LogP contribution in [0.2, 0.25) is 0 Å². The van der Waals surface area contributed by atoms with E-state index in [-0.39, 0.29) is 37.6 Å². The quantitative estimate of drug-likeness (QED) is 0.396. The summed E-state index contributed by atoms with van der Waals surface area (Å²) in [6, 6.07) is 25.1. The fraction of sp³-hybridized carbons (Fsp3) is 0.364. The molecule has 2 aliphatic rings. The van der Waals surface area contributed by atoms with Crippen molar-refractivity contribution in [2.75, 3.05) is 26.7 Å². The molecular weight excluding hydrogens is 518 g/mol. The molecule has 0 saturated carbocycles. The van der Waals surface area contributed by atoms with Crippen molar-refractivity contribution in [3.05, 3.63) is 95.6 Å². The van der Waals surface area contributed by atoms with Gasteiger partial charge in [0, 0.05) is 31.6 Å². The van der Waals surface area contributed by atoms with Gasteiger partial charge in [-0.25, -0.2) is 4.79 Å². The molecule has 3 atom stereocenters. The molecule has 0 bridgehead atoms. The molecule has 1 saturated heterocycles. The molecule has 3 aromatic rings. The number of carboxylic acid groups (broad SMARTS) is 1. The number of nitrogens with one attached hydrogen (secondary N) is 1. The minimum absolute atomic E-state index is 0.0958. The lowest BCUT2D eigenvalue weighted by atomic mass is 9.93. The Bertz CT molecular complexity index is 1350. The molecule has 41 heavy (non-hydrogen) atoms. The average molecular weight is 556 g/mol. The van der Waals surface area contributed by atoms with Gasteiger partial charge in [0.2, 0.25) is 5.91 Å². The summed E-state index contributed by atoms with van der Waals surface area (Å²) in [4.78, 5) is 42.3. The van der Waals surface area contributed by atoms with Crippen LogP contribution in [0, 0.1) is 5.92 Å². The van der Waals surface area contributed by atoms with Gasteiger partial charge >= 0.3 is 12.1 Å². The fourth-order valence-corrected chi connectivity index (χ4v) is 6.05. The van der Waals surface area contributed by atoms with Crippen LogP contribution in [0.15, 0.2) is 78.9 Å². The lowest BCUT2D eigenvalue weighted by Gasteiger charge is -2.39. The van der Waals surface area contributed by atoms with E-state index in [2.05, 4.69) is 29.6 Å². The zero-order valence-corrected chi connectivity index (χ0v) is 23.5. The van der Waals surface area contributed by atoms with Crippen LogP contribution in [-0.2, 0) is 20.9 Å².